The Hall–Kier alpha value is -2.71. The minimum atomic E-state index is -3.56. The average molecular weight is 404 g/mol. The summed E-state index contributed by atoms with van der Waals surface area (Å²) in [7, 11) is -3.56. The fraction of sp³-hybridized carbons (Fsp3) is 0.250. The molecule has 0 radical (unpaired) electrons. The zero-order valence-corrected chi connectivity index (χ0v) is 16.6. The van der Waals surface area contributed by atoms with Crippen molar-refractivity contribution in [3.63, 3.8) is 0 Å². The molecule has 1 amide bonds. The molecule has 1 N–H and O–H groups in total. The van der Waals surface area contributed by atoms with Crippen LogP contribution in [0.15, 0.2) is 51.8 Å². The molecule has 3 rings (SSSR count). The van der Waals surface area contributed by atoms with Crippen LogP contribution < -0.4 is 5.32 Å². The summed E-state index contributed by atoms with van der Waals surface area (Å²) in [5, 5.41) is 3.21. The Bertz CT molecular complexity index is 1120. The number of nitrogens with zero attached hydrogens (tertiary/aromatic N) is 1. The first-order valence-electron chi connectivity index (χ1n) is 8.88. The van der Waals surface area contributed by atoms with Crippen molar-refractivity contribution >= 4 is 32.6 Å². The van der Waals surface area contributed by atoms with Crippen molar-refractivity contribution in [2.45, 2.75) is 25.7 Å². The van der Waals surface area contributed by atoms with Crippen LogP contribution in [0.3, 0.4) is 0 Å². The highest BCUT2D eigenvalue weighted by molar-refractivity contribution is 7.89. The van der Waals surface area contributed by atoms with Crippen LogP contribution in [-0.4, -0.2) is 31.7 Å². The molecule has 0 saturated carbocycles. The number of hydrogen-bond donors (Lipinski definition) is 1. The third-order valence-corrected chi connectivity index (χ3v) is 6.62. The van der Waals surface area contributed by atoms with Crippen LogP contribution >= 0.6 is 0 Å². The molecule has 2 aromatic carbocycles. The smallest absolute Gasteiger partial charge is 0.291 e. The van der Waals surface area contributed by atoms with Crippen molar-refractivity contribution in [3.05, 3.63) is 59.6 Å². The number of halogens is 1. The molecule has 0 bridgehead atoms. The molecule has 0 aliphatic heterocycles. The van der Waals surface area contributed by atoms with E-state index in [0.717, 1.165) is 0 Å². The van der Waals surface area contributed by atoms with Gasteiger partial charge in [-0.1, -0.05) is 13.8 Å². The van der Waals surface area contributed by atoms with E-state index in [1.54, 1.807) is 20.8 Å². The van der Waals surface area contributed by atoms with E-state index in [1.807, 2.05) is 0 Å². The summed E-state index contributed by atoms with van der Waals surface area (Å²) in [5.41, 5.74) is 1.38. The lowest BCUT2D eigenvalue weighted by atomic mass is 10.1. The molecule has 148 valence electrons. The van der Waals surface area contributed by atoms with E-state index >= 15 is 0 Å². The summed E-state index contributed by atoms with van der Waals surface area (Å²) in [6.45, 7) is 5.99. The molecular formula is C20H21FN2O4S. The monoisotopic (exact) mass is 404 g/mol. The van der Waals surface area contributed by atoms with Gasteiger partial charge in [0.1, 0.15) is 11.4 Å². The van der Waals surface area contributed by atoms with E-state index in [-0.39, 0.29) is 10.7 Å². The van der Waals surface area contributed by atoms with Crippen LogP contribution in [0.25, 0.3) is 11.0 Å². The van der Waals surface area contributed by atoms with Gasteiger partial charge < -0.3 is 9.73 Å². The van der Waals surface area contributed by atoms with E-state index in [0.29, 0.717) is 35.3 Å². The Morgan fingerprint density at radius 1 is 1.11 bits per heavy atom. The molecule has 0 saturated heterocycles. The Morgan fingerprint density at radius 2 is 1.75 bits per heavy atom. The highest BCUT2D eigenvalue weighted by Crippen LogP contribution is 2.27. The second-order valence-corrected chi connectivity index (χ2v) is 8.20. The van der Waals surface area contributed by atoms with Gasteiger partial charge in [-0.05, 0) is 49.4 Å². The quantitative estimate of drug-likeness (QED) is 0.669. The fourth-order valence-corrected chi connectivity index (χ4v) is 4.48. The number of carbonyl (C=O) groups is 1. The average Bonchev–Trinajstić information content (AvgIpc) is 2.99. The van der Waals surface area contributed by atoms with Gasteiger partial charge >= 0.3 is 0 Å². The molecule has 1 heterocycles. The number of rotatable bonds is 6. The van der Waals surface area contributed by atoms with E-state index in [2.05, 4.69) is 5.32 Å². The molecule has 8 heteroatoms. The van der Waals surface area contributed by atoms with Gasteiger partial charge in [0.2, 0.25) is 10.0 Å². The van der Waals surface area contributed by atoms with Crippen LogP contribution in [0.2, 0.25) is 0 Å². The Balaban J connectivity index is 1.83. The largest absolute Gasteiger partial charge is 0.451 e. The van der Waals surface area contributed by atoms with Crippen molar-refractivity contribution in [2.75, 3.05) is 18.4 Å². The Kier molecular flexibility index (Phi) is 5.53. The van der Waals surface area contributed by atoms with Crippen LogP contribution in [-0.2, 0) is 10.0 Å². The first-order chi connectivity index (χ1) is 13.3. The van der Waals surface area contributed by atoms with Crippen molar-refractivity contribution < 1.29 is 22.0 Å². The molecule has 0 atom stereocenters. The maximum Gasteiger partial charge on any atom is 0.291 e. The maximum absolute atomic E-state index is 13.4. The van der Waals surface area contributed by atoms with Gasteiger partial charge in [0.15, 0.2) is 5.76 Å². The number of amides is 1. The zero-order chi connectivity index (χ0) is 20.5. The summed E-state index contributed by atoms with van der Waals surface area (Å²) < 4.78 is 45.4. The van der Waals surface area contributed by atoms with Gasteiger partial charge in [-0.15, -0.1) is 0 Å². The van der Waals surface area contributed by atoms with Gasteiger partial charge in [0, 0.05) is 29.7 Å². The van der Waals surface area contributed by atoms with Crippen LogP contribution in [0.1, 0.15) is 30.0 Å². The van der Waals surface area contributed by atoms with Crippen molar-refractivity contribution in [2.24, 2.45) is 0 Å². The molecule has 0 fully saturated rings. The molecule has 0 spiro atoms. The number of benzene rings is 2. The Labute approximate surface area is 163 Å². The lowest BCUT2D eigenvalue weighted by molar-refractivity contribution is 0.0998. The number of furan rings is 1. The molecular weight excluding hydrogens is 383 g/mol. The second-order valence-electron chi connectivity index (χ2n) is 6.26. The van der Waals surface area contributed by atoms with Crippen LogP contribution in [0, 0.1) is 12.7 Å². The first-order valence-corrected chi connectivity index (χ1v) is 10.3. The number of hydrogen-bond acceptors (Lipinski definition) is 4. The van der Waals surface area contributed by atoms with Crippen molar-refractivity contribution in [3.8, 4) is 0 Å². The van der Waals surface area contributed by atoms with Crippen molar-refractivity contribution in [1.82, 2.24) is 4.31 Å². The van der Waals surface area contributed by atoms with Crippen LogP contribution in [0.5, 0.6) is 0 Å². The minimum absolute atomic E-state index is 0.0837. The molecule has 0 aliphatic rings. The summed E-state index contributed by atoms with van der Waals surface area (Å²) >= 11 is 0. The van der Waals surface area contributed by atoms with Gasteiger partial charge in [0.25, 0.3) is 5.91 Å². The van der Waals surface area contributed by atoms with E-state index in [1.165, 1.54) is 46.8 Å². The third-order valence-electron chi connectivity index (χ3n) is 4.56. The maximum atomic E-state index is 13.4. The number of aryl methyl sites for hydroxylation is 1. The molecule has 1 aromatic heterocycles. The van der Waals surface area contributed by atoms with Gasteiger partial charge in [-0.25, -0.2) is 12.8 Å². The highest BCUT2D eigenvalue weighted by atomic mass is 32.2. The van der Waals surface area contributed by atoms with Gasteiger partial charge in [-0.3, -0.25) is 4.79 Å². The second kappa shape index (κ2) is 7.73. The number of fused-ring (bicyclic) bond motifs is 1. The lowest BCUT2D eigenvalue weighted by Gasteiger charge is -2.18. The molecule has 0 unspecified atom stereocenters. The molecule has 6 nitrogen and oxygen atoms in total. The summed E-state index contributed by atoms with van der Waals surface area (Å²) in [6.07, 6.45) is 0. The number of nitrogens with one attached hydrogen (secondary N) is 1. The predicted molar refractivity (Wildman–Crippen MR) is 105 cm³/mol. The standard InChI is InChI=1S/C20H21FN2O4S/c1-4-23(5-2)28(25,26)16-9-7-15(8-10-16)22-20(24)19-13(3)17-12-14(21)6-11-18(17)27-19/h6-12H,4-5H2,1-3H3,(H,22,24). The summed E-state index contributed by atoms with van der Waals surface area (Å²) in [4.78, 5) is 12.7. The molecule has 3 aromatic rings. The third kappa shape index (κ3) is 3.65. The minimum Gasteiger partial charge on any atom is -0.451 e. The zero-order valence-electron chi connectivity index (χ0n) is 15.8. The Morgan fingerprint density at radius 3 is 2.36 bits per heavy atom. The molecule has 28 heavy (non-hydrogen) atoms. The lowest BCUT2D eigenvalue weighted by Crippen LogP contribution is -2.30. The van der Waals surface area contributed by atoms with Gasteiger partial charge in [0.05, 0.1) is 4.90 Å². The predicted octanol–water partition coefficient (Wildman–Crippen LogP) is 4.16. The van der Waals surface area contributed by atoms with E-state index in [9.17, 15) is 17.6 Å². The topological polar surface area (TPSA) is 79.6 Å². The van der Waals surface area contributed by atoms with E-state index < -0.39 is 21.7 Å². The van der Waals surface area contributed by atoms with E-state index in [4.69, 9.17) is 4.42 Å². The number of carbonyl (C=O) groups excluding carboxylic acids is 1. The highest BCUT2D eigenvalue weighted by Gasteiger charge is 2.22. The van der Waals surface area contributed by atoms with Crippen LogP contribution in [0.4, 0.5) is 10.1 Å². The summed E-state index contributed by atoms with van der Waals surface area (Å²) in [5.74, 6) is -0.817. The normalized spacial score (nSPS) is 11.9. The fourth-order valence-electron chi connectivity index (χ4n) is 3.02. The first kappa shape index (κ1) is 20.0. The van der Waals surface area contributed by atoms with Crippen molar-refractivity contribution in [1.29, 1.82) is 0 Å². The van der Waals surface area contributed by atoms with Gasteiger partial charge in [-0.2, -0.15) is 4.31 Å². The summed E-state index contributed by atoms with van der Waals surface area (Å²) in [6, 6.07) is 9.99. The number of anilines is 1. The number of sulfonamides is 1. The molecule has 0 aliphatic carbocycles. The SMILES string of the molecule is CCN(CC)S(=O)(=O)c1ccc(NC(=O)c2oc3ccc(F)cc3c2C)cc1.